The topological polar surface area (TPSA) is 88.5 Å². The first-order valence-corrected chi connectivity index (χ1v) is 12.0. The summed E-state index contributed by atoms with van der Waals surface area (Å²) in [6.45, 7) is -0.187. The fourth-order valence-corrected chi connectivity index (χ4v) is 4.92. The van der Waals surface area contributed by atoms with E-state index in [2.05, 4.69) is 9.46 Å². The summed E-state index contributed by atoms with van der Waals surface area (Å²) in [6, 6.07) is 5.76. The number of benzene rings is 2. The van der Waals surface area contributed by atoms with Crippen LogP contribution in [0.4, 0.5) is 17.6 Å². The number of hydrogen-bond donors (Lipinski definition) is 2. The normalized spacial score (nSPS) is 17.8. The summed E-state index contributed by atoms with van der Waals surface area (Å²) < 4.78 is 83.8. The highest BCUT2D eigenvalue weighted by atomic mass is 35.5. The summed E-state index contributed by atoms with van der Waals surface area (Å²) in [5.41, 5.74) is 0.752. The summed E-state index contributed by atoms with van der Waals surface area (Å²) in [4.78, 5) is 12.5. The molecular formula is C21H19ClF4N2O4S. The van der Waals surface area contributed by atoms with Crippen molar-refractivity contribution in [2.24, 2.45) is 0 Å². The summed E-state index contributed by atoms with van der Waals surface area (Å²) in [5.74, 6) is -2.29. The van der Waals surface area contributed by atoms with E-state index in [-0.39, 0.29) is 28.9 Å². The molecule has 178 valence electrons. The number of carbonyl (C=O) groups excluding carboxylic acids is 1. The van der Waals surface area contributed by atoms with Gasteiger partial charge in [0.05, 0.1) is 10.8 Å². The molecular weight excluding hydrogens is 488 g/mol. The zero-order valence-electron chi connectivity index (χ0n) is 17.0. The monoisotopic (exact) mass is 506 g/mol. The Labute approximate surface area is 192 Å². The van der Waals surface area contributed by atoms with Crippen molar-refractivity contribution in [3.63, 3.8) is 0 Å². The summed E-state index contributed by atoms with van der Waals surface area (Å²) >= 11 is 5.84. The Morgan fingerprint density at radius 1 is 1.12 bits per heavy atom. The van der Waals surface area contributed by atoms with Crippen LogP contribution in [-0.2, 0) is 16.5 Å². The Bertz CT molecular complexity index is 1200. The molecule has 1 atom stereocenters. The molecule has 1 amide bonds. The molecule has 0 aliphatic heterocycles. The lowest BCUT2D eigenvalue weighted by Crippen LogP contribution is -2.33. The largest absolute Gasteiger partial charge is 0.573 e. The molecule has 0 radical (unpaired) electrons. The molecule has 0 bridgehead atoms. The maximum absolute atomic E-state index is 14.8. The van der Waals surface area contributed by atoms with Crippen molar-refractivity contribution < 1.29 is 36.0 Å². The molecule has 1 unspecified atom stereocenters. The molecule has 2 aliphatic rings. The predicted octanol–water partition coefficient (Wildman–Crippen LogP) is 5.69. The van der Waals surface area contributed by atoms with Crippen LogP contribution in [0.3, 0.4) is 0 Å². The third-order valence-electron chi connectivity index (χ3n) is 5.20. The van der Waals surface area contributed by atoms with Crippen LogP contribution in [0.1, 0.15) is 53.1 Å². The molecule has 2 N–H and O–H groups in total. The van der Waals surface area contributed by atoms with E-state index in [9.17, 15) is 26.6 Å². The number of rotatable bonds is 8. The fourth-order valence-electron chi connectivity index (χ4n) is 3.35. The quantitative estimate of drug-likeness (QED) is 0.450. The Morgan fingerprint density at radius 2 is 1.79 bits per heavy atom. The molecule has 2 aliphatic carbocycles. The standard InChI is InChI=1S/C21H19ClF4N2O4S/c22-13-6-14(8-15(7-13)32-21(24,25)26)31-10-12-5-19(23)18(9-17(12)11-1-2-11)20(29)28-33(27,30)16-3-4-16/h5-9,11,16H,1-4,10H2,(H2,27,28,29,30). The number of amides is 1. The summed E-state index contributed by atoms with van der Waals surface area (Å²) in [6.07, 6.45) is -2.11. The highest BCUT2D eigenvalue weighted by molar-refractivity contribution is 7.92. The van der Waals surface area contributed by atoms with Gasteiger partial charge in [-0.15, -0.1) is 13.2 Å². The van der Waals surface area contributed by atoms with Gasteiger partial charge >= 0.3 is 6.36 Å². The van der Waals surface area contributed by atoms with Crippen LogP contribution in [0.5, 0.6) is 11.5 Å². The van der Waals surface area contributed by atoms with Crippen LogP contribution in [-0.4, -0.2) is 21.7 Å². The zero-order chi connectivity index (χ0) is 24.0. The second-order valence-corrected chi connectivity index (χ2v) is 10.5. The number of alkyl halides is 3. The van der Waals surface area contributed by atoms with Gasteiger partial charge in [0.15, 0.2) is 0 Å². The minimum absolute atomic E-state index is 0.0101. The van der Waals surface area contributed by atoms with Crippen LogP contribution in [0, 0.1) is 10.6 Å². The van der Waals surface area contributed by atoms with Crippen molar-refractivity contribution in [1.82, 2.24) is 4.72 Å². The maximum Gasteiger partial charge on any atom is 0.573 e. The fraction of sp³-hybridized carbons (Fsp3) is 0.381. The van der Waals surface area contributed by atoms with E-state index in [4.69, 9.17) is 21.1 Å². The molecule has 0 saturated heterocycles. The third kappa shape index (κ3) is 6.08. The molecule has 2 aromatic rings. The average molecular weight is 507 g/mol. The van der Waals surface area contributed by atoms with Gasteiger partial charge in [-0.25, -0.2) is 13.4 Å². The van der Waals surface area contributed by atoms with Crippen molar-refractivity contribution in [1.29, 1.82) is 4.78 Å². The van der Waals surface area contributed by atoms with Crippen molar-refractivity contribution in [3.8, 4) is 11.5 Å². The molecule has 2 fully saturated rings. The molecule has 4 rings (SSSR count). The van der Waals surface area contributed by atoms with Gasteiger partial charge < -0.3 is 9.47 Å². The van der Waals surface area contributed by atoms with Crippen LogP contribution < -0.4 is 14.2 Å². The molecule has 2 aromatic carbocycles. The van der Waals surface area contributed by atoms with E-state index in [0.717, 1.165) is 31.0 Å². The summed E-state index contributed by atoms with van der Waals surface area (Å²) in [5, 5.41) is -0.453. The second kappa shape index (κ2) is 8.68. The Kier molecular flexibility index (Phi) is 6.21. The first kappa shape index (κ1) is 23.6. The van der Waals surface area contributed by atoms with Crippen molar-refractivity contribution in [2.45, 2.75) is 49.8 Å². The van der Waals surface area contributed by atoms with Gasteiger partial charge in [0.1, 0.15) is 33.8 Å². The number of nitrogens with one attached hydrogen (secondary N) is 2. The molecule has 33 heavy (non-hydrogen) atoms. The second-order valence-electron chi connectivity index (χ2n) is 8.00. The van der Waals surface area contributed by atoms with Crippen molar-refractivity contribution in [3.05, 3.63) is 57.9 Å². The van der Waals surface area contributed by atoms with Crippen LogP contribution in [0.15, 0.2) is 30.3 Å². The van der Waals surface area contributed by atoms with Gasteiger partial charge in [-0.1, -0.05) is 11.6 Å². The highest BCUT2D eigenvalue weighted by Crippen LogP contribution is 2.43. The average Bonchev–Trinajstić information content (AvgIpc) is 3.56. The first-order valence-electron chi connectivity index (χ1n) is 10.0. The molecule has 0 aromatic heterocycles. The lowest BCUT2D eigenvalue weighted by molar-refractivity contribution is -0.274. The van der Waals surface area contributed by atoms with Gasteiger partial charge in [0.2, 0.25) is 0 Å². The van der Waals surface area contributed by atoms with Gasteiger partial charge in [0.25, 0.3) is 5.91 Å². The number of carbonyl (C=O) groups is 1. The molecule has 0 heterocycles. The van der Waals surface area contributed by atoms with Crippen LogP contribution in [0.25, 0.3) is 0 Å². The van der Waals surface area contributed by atoms with E-state index in [1.165, 1.54) is 12.1 Å². The van der Waals surface area contributed by atoms with Gasteiger partial charge in [0, 0.05) is 11.1 Å². The first-order chi connectivity index (χ1) is 15.4. The number of hydrogen-bond acceptors (Lipinski definition) is 5. The SMILES string of the molecule is N=S(=O)(NC(=O)c1cc(C2CC2)c(COc2cc(Cl)cc(OC(F)(F)F)c2)cc1F)C1CC1. The predicted molar refractivity (Wildman–Crippen MR) is 112 cm³/mol. The molecule has 6 nitrogen and oxygen atoms in total. The van der Waals surface area contributed by atoms with Crippen molar-refractivity contribution in [2.75, 3.05) is 0 Å². The van der Waals surface area contributed by atoms with E-state index < -0.39 is 39.0 Å². The van der Waals surface area contributed by atoms with Gasteiger partial charge in [-0.2, -0.15) is 0 Å². The minimum atomic E-state index is -4.90. The Balaban J connectivity index is 1.54. The molecule has 2 saturated carbocycles. The highest BCUT2D eigenvalue weighted by Gasteiger charge is 2.35. The van der Waals surface area contributed by atoms with Gasteiger partial charge in [-0.05, 0) is 67.0 Å². The van der Waals surface area contributed by atoms with Crippen molar-refractivity contribution >= 4 is 27.4 Å². The van der Waals surface area contributed by atoms with Crippen LogP contribution in [0.2, 0.25) is 5.02 Å². The van der Waals surface area contributed by atoms with E-state index >= 15 is 0 Å². The lowest BCUT2D eigenvalue weighted by Gasteiger charge is -2.15. The smallest absolute Gasteiger partial charge is 0.489 e. The Hall–Kier alpha value is -2.53. The number of ether oxygens (including phenoxy) is 2. The minimum Gasteiger partial charge on any atom is -0.489 e. The number of halogens is 5. The maximum atomic E-state index is 14.8. The van der Waals surface area contributed by atoms with E-state index in [0.29, 0.717) is 24.0 Å². The zero-order valence-corrected chi connectivity index (χ0v) is 18.6. The lowest BCUT2D eigenvalue weighted by atomic mass is 9.99. The van der Waals surface area contributed by atoms with Gasteiger partial charge in [-0.3, -0.25) is 9.52 Å². The van der Waals surface area contributed by atoms with E-state index in [1.54, 1.807) is 0 Å². The van der Waals surface area contributed by atoms with E-state index in [1.807, 2.05) is 0 Å². The third-order valence-corrected chi connectivity index (χ3v) is 7.32. The summed E-state index contributed by atoms with van der Waals surface area (Å²) in [7, 11) is -3.34. The molecule has 0 spiro atoms. The van der Waals surface area contributed by atoms with Crippen LogP contribution >= 0.6 is 11.6 Å². The Morgan fingerprint density at radius 3 is 2.39 bits per heavy atom. The molecule has 12 heteroatoms.